The fraction of sp³-hybridized carbons (Fsp3) is 0.600. The fourth-order valence-electron chi connectivity index (χ4n) is 3.15. The molecule has 1 saturated heterocycles. The Morgan fingerprint density at radius 1 is 1.37 bits per heavy atom. The molecule has 0 radical (unpaired) electrons. The van der Waals surface area contributed by atoms with E-state index in [1.807, 2.05) is 27.7 Å². The third-order valence-corrected chi connectivity index (χ3v) is 4.88. The smallest absolute Gasteiger partial charge is 0.410 e. The van der Waals surface area contributed by atoms with E-state index in [1.54, 1.807) is 21.9 Å². The van der Waals surface area contributed by atoms with Crippen LogP contribution >= 0.6 is 11.6 Å². The molecular weight excluding hydrogens is 371 g/mol. The largest absolute Gasteiger partial charge is 0.444 e. The van der Waals surface area contributed by atoms with Crippen LogP contribution in [0.1, 0.15) is 46.1 Å². The SMILES string of the molecule is CCN(Cc1c(F)cccc1Cl)C(=O)[C@H]1CCCN(C(=O)OC(C)(C)C)C1. The van der Waals surface area contributed by atoms with E-state index in [0.717, 1.165) is 6.42 Å². The van der Waals surface area contributed by atoms with Crippen molar-refractivity contribution in [2.45, 2.75) is 52.7 Å². The van der Waals surface area contributed by atoms with E-state index >= 15 is 0 Å². The maximum absolute atomic E-state index is 14.1. The van der Waals surface area contributed by atoms with Crippen LogP contribution in [0.25, 0.3) is 0 Å². The molecule has 1 aromatic rings. The second-order valence-electron chi connectivity index (χ2n) is 7.82. The van der Waals surface area contributed by atoms with Crippen molar-refractivity contribution < 1.29 is 18.7 Å². The molecule has 1 aliphatic rings. The number of carbonyl (C=O) groups is 2. The molecule has 1 atom stereocenters. The quantitative estimate of drug-likeness (QED) is 0.751. The maximum Gasteiger partial charge on any atom is 0.410 e. The fourth-order valence-corrected chi connectivity index (χ4v) is 3.37. The van der Waals surface area contributed by atoms with Gasteiger partial charge in [0.1, 0.15) is 11.4 Å². The molecule has 1 fully saturated rings. The first-order valence-corrected chi connectivity index (χ1v) is 9.69. The zero-order valence-corrected chi connectivity index (χ0v) is 17.2. The van der Waals surface area contributed by atoms with Crippen molar-refractivity contribution in [3.63, 3.8) is 0 Å². The van der Waals surface area contributed by atoms with E-state index in [1.165, 1.54) is 6.07 Å². The van der Waals surface area contributed by atoms with Crippen molar-refractivity contribution in [1.82, 2.24) is 9.80 Å². The predicted octanol–water partition coefficient (Wildman–Crippen LogP) is 4.47. The molecule has 2 amide bonds. The van der Waals surface area contributed by atoms with Gasteiger partial charge in [0.15, 0.2) is 0 Å². The summed E-state index contributed by atoms with van der Waals surface area (Å²) in [6.45, 7) is 8.73. The number of rotatable bonds is 4. The number of hydrogen-bond donors (Lipinski definition) is 0. The normalized spacial score (nSPS) is 17.6. The summed E-state index contributed by atoms with van der Waals surface area (Å²) in [7, 11) is 0. The van der Waals surface area contributed by atoms with E-state index in [2.05, 4.69) is 0 Å². The van der Waals surface area contributed by atoms with Crippen LogP contribution in [0.15, 0.2) is 18.2 Å². The molecule has 7 heteroatoms. The number of nitrogens with zero attached hydrogens (tertiary/aromatic N) is 2. The topological polar surface area (TPSA) is 49.9 Å². The number of halogens is 2. The first-order valence-electron chi connectivity index (χ1n) is 9.32. The van der Waals surface area contributed by atoms with Crippen molar-refractivity contribution in [3.05, 3.63) is 34.6 Å². The average molecular weight is 399 g/mol. The van der Waals surface area contributed by atoms with Gasteiger partial charge in [-0.05, 0) is 52.7 Å². The van der Waals surface area contributed by atoms with Gasteiger partial charge < -0.3 is 14.5 Å². The van der Waals surface area contributed by atoms with Gasteiger partial charge in [0, 0.05) is 36.8 Å². The molecule has 0 aliphatic carbocycles. The van der Waals surface area contributed by atoms with Gasteiger partial charge in [0.25, 0.3) is 0 Å². The van der Waals surface area contributed by atoms with E-state index in [9.17, 15) is 14.0 Å². The zero-order valence-electron chi connectivity index (χ0n) is 16.4. The minimum atomic E-state index is -0.578. The van der Waals surface area contributed by atoms with Gasteiger partial charge in [-0.15, -0.1) is 0 Å². The minimum absolute atomic E-state index is 0.0925. The average Bonchev–Trinajstić information content (AvgIpc) is 2.60. The van der Waals surface area contributed by atoms with Crippen LogP contribution in [-0.2, 0) is 16.1 Å². The van der Waals surface area contributed by atoms with Crippen LogP contribution in [0, 0.1) is 11.7 Å². The van der Waals surface area contributed by atoms with Crippen LogP contribution in [0.4, 0.5) is 9.18 Å². The molecule has 0 aromatic heterocycles. The third kappa shape index (κ3) is 5.83. The lowest BCUT2D eigenvalue weighted by molar-refractivity contribution is -0.137. The molecule has 1 aliphatic heterocycles. The van der Waals surface area contributed by atoms with Gasteiger partial charge >= 0.3 is 6.09 Å². The van der Waals surface area contributed by atoms with Crippen molar-refractivity contribution in [3.8, 4) is 0 Å². The number of hydrogen-bond acceptors (Lipinski definition) is 3. The highest BCUT2D eigenvalue weighted by Gasteiger charge is 2.33. The Morgan fingerprint density at radius 2 is 2.07 bits per heavy atom. The molecule has 0 spiro atoms. The summed E-state index contributed by atoms with van der Waals surface area (Å²) in [6, 6.07) is 4.49. The van der Waals surface area contributed by atoms with Crippen molar-refractivity contribution in [2.24, 2.45) is 5.92 Å². The Kier molecular flexibility index (Phi) is 7.09. The standard InChI is InChI=1S/C20H28ClFN2O3/c1-5-23(13-15-16(21)9-6-10-17(15)22)18(25)14-8-7-11-24(12-14)19(26)27-20(2,3)4/h6,9-10,14H,5,7-8,11-13H2,1-4H3/t14-/m0/s1. The molecule has 0 unspecified atom stereocenters. The summed E-state index contributed by atoms with van der Waals surface area (Å²) in [5.41, 5.74) is -0.264. The lowest BCUT2D eigenvalue weighted by Gasteiger charge is -2.35. The second-order valence-corrected chi connectivity index (χ2v) is 8.23. The summed E-state index contributed by atoms with van der Waals surface area (Å²) in [5.74, 6) is -0.838. The molecule has 5 nitrogen and oxygen atoms in total. The van der Waals surface area contributed by atoms with Crippen molar-refractivity contribution in [2.75, 3.05) is 19.6 Å². The maximum atomic E-state index is 14.1. The lowest BCUT2D eigenvalue weighted by Crippen LogP contribution is -2.47. The van der Waals surface area contributed by atoms with Gasteiger partial charge in [-0.25, -0.2) is 9.18 Å². The molecular formula is C20H28ClFN2O3. The highest BCUT2D eigenvalue weighted by molar-refractivity contribution is 6.31. The van der Waals surface area contributed by atoms with Gasteiger partial charge in [-0.1, -0.05) is 17.7 Å². The van der Waals surface area contributed by atoms with E-state index < -0.39 is 17.5 Å². The van der Waals surface area contributed by atoms with Crippen LogP contribution in [0.5, 0.6) is 0 Å². The lowest BCUT2D eigenvalue weighted by atomic mass is 9.96. The number of piperidine rings is 1. The van der Waals surface area contributed by atoms with E-state index in [-0.39, 0.29) is 18.4 Å². The summed E-state index contributed by atoms with van der Waals surface area (Å²) in [6.07, 6.45) is 1.02. The highest BCUT2D eigenvalue weighted by Crippen LogP contribution is 2.25. The van der Waals surface area contributed by atoms with Gasteiger partial charge in [0.05, 0.1) is 5.92 Å². The third-order valence-electron chi connectivity index (χ3n) is 4.53. The zero-order chi connectivity index (χ0) is 20.2. The van der Waals surface area contributed by atoms with Crippen LogP contribution in [0.2, 0.25) is 5.02 Å². The number of amides is 2. The number of benzene rings is 1. The number of carbonyl (C=O) groups excluding carboxylic acids is 2. The summed E-state index contributed by atoms with van der Waals surface area (Å²) >= 11 is 6.10. The molecule has 0 saturated carbocycles. The molecule has 2 rings (SSSR count). The summed E-state index contributed by atoms with van der Waals surface area (Å²) in [4.78, 5) is 28.5. The Morgan fingerprint density at radius 3 is 2.67 bits per heavy atom. The summed E-state index contributed by atoms with van der Waals surface area (Å²) < 4.78 is 19.5. The predicted molar refractivity (Wildman–Crippen MR) is 103 cm³/mol. The van der Waals surface area contributed by atoms with Crippen LogP contribution in [-0.4, -0.2) is 47.0 Å². The van der Waals surface area contributed by atoms with E-state index in [0.29, 0.717) is 36.6 Å². The van der Waals surface area contributed by atoms with Crippen LogP contribution in [0.3, 0.4) is 0 Å². The highest BCUT2D eigenvalue weighted by atomic mass is 35.5. The molecule has 1 aromatic carbocycles. The van der Waals surface area contributed by atoms with E-state index in [4.69, 9.17) is 16.3 Å². The van der Waals surface area contributed by atoms with Gasteiger partial charge in [0.2, 0.25) is 5.91 Å². The van der Waals surface area contributed by atoms with Gasteiger partial charge in [-0.2, -0.15) is 0 Å². The Labute approximate surface area is 165 Å². The molecule has 27 heavy (non-hydrogen) atoms. The first-order chi connectivity index (χ1) is 12.6. The Balaban J connectivity index is 2.07. The Bertz CT molecular complexity index is 670. The molecule has 0 N–H and O–H groups in total. The Hall–Kier alpha value is -1.82. The molecule has 150 valence electrons. The van der Waals surface area contributed by atoms with Crippen molar-refractivity contribution in [1.29, 1.82) is 0 Å². The first kappa shape index (κ1) is 21.5. The monoisotopic (exact) mass is 398 g/mol. The second kappa shape index (κ2) is 8.91. The van der Waals surface area contributed by atoms with Crippen molar-refractivity contribution >= 4 is 23.6 Å². The van der Waals surface area contributed by atoms with Crippen LogP contribution < -0.4 is 0 Å². The number of ether oxygens (including phenoxy) is 1. The summed E-state index contributed by atoms with van der Waals surface area (Å²) in [5, 5.41) is 0.306. The van der Waals surface area contributed by atoms with Gasteiger partial charge in [-0.3, -0.25) is 4.79 Å². The minimum Gasteiger partial charge on any atom is -0.444 e. The molecule has 1 heterocycles. The number of likely N-dealkylation sites (tertiary alicyclic amines) is 1. The molecule has 0 bridgehead atoms.